The summed E-state index contributed by atoms with van der Waals surface area (Å²) in [6.45, 7) is 0. The number of halogens is 1. The Morgan fingerprint density at radius 1 is 1.05 bits per heavy atom. The average molecular weight is 291 g/mol. The summed E-state index contributed by atoms with van der Waals surface area (Å²) in [6, 6.07) is 14.8. The number of aromatic hydroxyl groups is 1. The van der Waals surface area contributed by atoms with Crippen LogP contribution in [0.5, 0.6) is 5.75 Å². The molecule has 0 bridgehead atoms. The lowest BCUT2D eigenvalue weighted by atomic mass is 10.2. The first-order valence-corrected chi connectivity index (χ1v) is 7.03. The van der Waals surface area contributed by atoms with E-state index in [1.807, 2.05) is 36.4 Å². The second-order valence-corrected chi connectivity index (χ2v) is 5.67. The highest BCUT2D eigenvalue weighted by Crippen LogP contribution is 2.34. The van der Waals surface area contributed by atoms with Crippen LogP contribution >= 0.6 is 23.4 Å². The molecule has 96 valence electrons. The number of nitrogens with one attached hydrogen (secondary N) is 1. The third kappa shape index (κ3) is 2.69. The van der Waals surface area contributed by atoms with Gasteiger partial charge in [-0.2, -0.15) is 5.10 Å². The van der Waals surface area contributed by atoms with E-state index in [9.17, 15) is 5.11 Å². The van der Waals surface area contributed by atoms with Gasteiger partial charge in [0.2, 0.25) is 0 Å². The molecular formula is C14H11ClN2OS. The molecule has 0 aliphatic carbocycles. The minimum atomic E-state index is 0.0753. The van der Waals surface area contributed by atoms with Gasteiger partial charge >= 0.3 is 0 Å². The van der Waals surface area contributed by atoms with Crippen molar-refractivity contribution in [3.8, 4) is 5.75 Å². The topological polar surface area (TPSA) is 44.6 Å². The monoisotopic (exact) mass is 290 g/mol. The fourth-order valence-corrected chi connectivity index (χ4v) is 2.92. The molecule has 19 heavy (non-hydrogen) atoms. The van der Waals surface area contributed by atoms with Crippen molar-refractivity contribution in [1.82, 2.24) is 5.43 Å². The third-order valence-corrected chi connectivity index (χ3v) is 4.22. The van der Waals surface area contributed by atoms with E-state index < -0.39 is 0 Å². The third-order valence-electron chi connectivity index (χ3n) is 2.80. The van der Waals surface area contributed by atoms with Gasteiger partial charge in [-0.25, -0.2) is 0 Å². The van der Waals surface area contributed by atoms with Crippen LogP contribution in [0.15, 0.2) is 53.6 Å². The molecule has 0 radical (unpaired) electrons. The number of nitrogens with zero attached hydrogens (tertiary/aromatic N) is 1. The summed E-state index contributed by atoms with van der Waals surface area (Å²) in [5.41, 5.74) is 5.22. The number of phenolic OH excluding ortho intramolecular Hbond substituents is 1. The molecule has 1 unspecified atom stereocenters. The van der Waals surface area contributed by atoms with E-state index in [2.05, 4.69) is 10.5 Å². The van der Waals surface area contributed by atoms with E-state index in [1.54, 1.807) is 23.9 Å². The maximum Gasteiger partial charge on any atom is 0.126 e. The van der Waals surface area contributed by atoms with Crippen LogP contribution in [-0.4, -0.2) is 10.2 Å². The van der Waals surface area contributed by atoms with Crippen LogP contribution in [0.25, 0.3) is 0 Å². The quantitative estimate of drug-likeness (QED) is 0.885. The maximum absolute atomic E-state index is 9.29. The highest BCUT2D eigenvalue weighted by Gasteiger charge is 2.21. The average Bonchev–Trinajstić information content (AvgIpc) is 2.90. The fourth-order valence-electron chi connectivity index (χ4n) is 1.80. The van der Waals surface area contributed by atoms with Gasteiger partial charge in [0, 0.05) is 10.6 Å². The number of phenols is 1. The summed E-state index contributed by atoms with van der Waals surface area (Å²) in [5.74, 6) is 0.269. The number of hydrogen-bond acceptors (Lipinski definition) is 4. The Morgan fingerprint density at radius 3 is 2.42 bits per heavy atom. The van der Waals surface area contributed by atoms with Gasteiger partial charge in [-0.1, -0.05) is 47.6 Å². The van der Waals surface area contributed by atoms with Crippen LogP contribution in [0.4, 0.5) is 0 Å². The van der Waals surface area contributed by atoms with Crippen LogP contribution in [0.3, 0.4) is 0 Å². The Balaban J connectivity index is 1.76. The molecule has 0 spiro atoms. The van der Waals surface area contributed by atoms with Crippen molar-refractivity contribution in [2.45, 2.75) is 5.37 Å². The van der Waals surface area contributed by atoms with Crippen LogP contribution in [0.2, 0.25) is 5.02 Å². The van der Waals surface area contributed by atoms with E-state index in [4.69, 9.17) is 11.6 Å². The van der Waals surface area contributed by atoms with Gasteiger partial charge in [-0.15, -0.1) is 0 Å². The molecule has 5 heteroatoms. The molecule has 0 aromatic heterocycles. The zero-order valence-electron chi connectivity index (χ0n) is 9.88. The van der Waals surface area contributed by atoms with Crippen LogP contribution in [-0.2, 0) is 0 Å². The van der Waals surface area contributed by atoms with E-state index in [0.717, 1.165) is 21.2 Å². The molecule has 1 atom stereocenters. The lowest BCUT2D eigenvalue weighted by Gasteiger charge is -2.09. The second kappa shape index (κ2) is 5.15. The molecule has 0 amide bonds. The normalized spacial score (nSPS) is 17.9. The minimum Gasteiger partial charge on any atom is -0.508 e. The Kier molecular flexibility index (Phi) is 3.36. The standard InChI is InChI=1S/C14H11ClN2OS/c15-11-5-1-9(2-6-11)13-16-17-14(19-13)10-3-7-12(18)8-4-10/h1-8,14,17-18H. The van der Waals surface area contributed by atoms with Gasteiger partial charge in [0.15, 0.2) is 0 Å². The van der Waals surface area contributed by atoms with Gasteiger partial charge in [0.25, 0.3) is 0 Å². The number of hydrazone groups is 1. The zero-order chi connectivity index (χ0) is 13.2. The Hall–Kier alpha value is -1.65. The van der Waals surface area contributed by atoms with Gasteiger partial charge in [-0.05, 0) is 29.8 Å². The van der Waals surface area contributed by atoms with Gasteiger partial charge < -0.3 is 5.11 Å². The van der Waals surface area contributed by atoms with Crippen LogP contribution in [0.1, 0.15) is 16.5 Å². The predicted octanol–water partition coefficient (Wildman–Crippen LogP) is 3.74. The van der Waals surface area contributed by atoms with Crippen molar-refractivity contribution in [1.29, 1.82) is 0 Å². The van der Waals surface area contributed by atoms with Gasteiger partial charge in [-0.3, -0.25) is 5.43 Å². The SMILES string of the molecule is Oc1ccc(C2NN=C(c3ccc(Cl)cc3)S2)cc1. The second-order valence-electron chi connectivity index (χ2n) is 4.14. The smallest absolute Gasteiger partial charge is 0.126 e. The highest BCUT2D eigenvalue weighted by atomic mass is 35.5. The Labute approximate surface area is 120 Å². The summed E-state index contributed by atoms with van der Waals surface area (Å²) in [5, 5.41) is 15.4. The number of benzene rings is 2. The highest BCUT2D eigenvalue weighted by molar-refractivity contribution is 8.14. The molecule has 2 N–H and O–H groups in total. The molecule has 1 aliphatic heterocycles. The summed E-state index contributed by atoms with van der Waals surface area (Å²) in [6.07, 6.45) is 0. The molecule has 0 saturated carbocycles. The van der Waals surface area contributed by atoms with Crippen molar-refractivity contribution in [3.05, 3.63) is 64.7 Å². The molecule has 0 fully saturated rings. The summed E-state index contributed by atoms with van der Waals surface area (Å²) < 4.78 is 0. The van der Waals surface area contributed by atoms with Crippen molar-refractivity contribution < 1.29 is 5.11 Å². The van der Waals surface area contributed by atoms with E-state index in [-0.39, 0.29) is 11.1 Å². The van der Waals surface area contributed by atoms with Gasteiger partial charge in [0.05, 0.1) is 0 Å². The number of hydrogen-bond donors (Lipinski definition) is 2. The zero-order valence-corrected chi connectivity index (χ0v) is 11.4. The predicted molar refractivity (Wildman–Crippen MR) is 79.6 cm³/mol. The molecule has 1 heterocycles. The number of thioether (sulfide) groups is 1. The lowest BCUT2D eigenvalue weighted by molar-refractivity contribution is 0.475. The Morgan fingerprint density at radius 2 is 1.74 bits per heavy atom. The summed E-state index contributed by atoms with van der Waals surface area (Å²) in [4.78, 5) is 0. The summed E-state index contributed by atoms with van der Waals surface area (Å²) >= 11 is 7.51. The van der Waals surface area contributed by atoms with Crippen molar-refractivity contribution in [2.24, 2.45) is 5.10 Å². The van der Waals surface area contributed by atoms with E-state index >= 15 is 0 Å². The molecule has 1 aliphatic rings. The molecule has 0 saturated heterocycles. The van der Waals surface area contributed by atoms with Crippen LogP contribution < -0.4 is 5.43 Å². The summed E-state index contributed by atoms with van der Waals surface area (Å²) in [7, 11) is 0. The first-order valence-electron chi connectivity index (χ1n) is 5.77. The Bertz CT molecular complexity index is 610. The first kappa shape index (κ1) is 12.4. The molecule has 2 aromatic carbocycles. The molecule has 3 rings (SSSR count). The molecular weight excluding hydrogens is 280 g/mol. The maximum atomic E-state index is 9.29. The van der Waals surface area contributed by atoms with E-state index in [0.29, 0.717) is 0 Å². The molecule has 3 nitrogen and oxygen atoms in total. The van der Waals surface area contributed by atoms with Gasteiger partial charge in [0.1, 0.15) is 16.2 Å². The van der Waals surface area contributed by atoms with E-state index in [1.165, 1.54) is 0 Å². The van der Waals surface area contributed by atoms with Crippen LogP contribution in [0, 0.1) is 0 Å². The van der Waals surface area contributed by atoms with Crippen molar-refractivity contribution in [3.63, 3.8) is 0 Å². The largest absolute Gasteiger partial charge is 0.508 e. The first-order chi connectivity index (χ1) is 9.22. The van der Waals surface area contributed by atoms with Crippen molar-refractivity contribution in [2.75, 3.05) is 0 Å². The van der Waals surface area contributed by atoms with Crippen molar-refractivity contribution >= 4 is 28.4 Å². The minimum absolute atomic E-state index is 0.0753. The fraction of sp³-hybridized carbons (Fsp3) is 0.0714. The number of rotatable bonds is 2. The molecule has 2 aromatic rings. The lowest BCUT2D eigenvalue weighted by Crippen LogP contribution is -2.05.